The molecule has 1 aromatic rings. The number of aliphatic imine (C=N–C) groups is 1. The fourth-order valence-corrected chi connectivity index (χ4v) is 1.06. The van der Waals surface area contributed by atoms with Gasteiger partial charge in [0.2, 0.25) is 0 Å². The zero-order chi connectivity index (χ0) is 7.52. The molecule has 0 radical (unpaired) electrons. The molecule has 52 valence electrons. The van der Waals surface area contributed by atoms with Crippen LogP contribution in [0, 0.1) is 0 Å². The second-order valence-electron chi connectivity index (χ2n) is 2.35. The lowest BCUT2D eigenvalue weighted by Crippen LogP contribution is -1.76. The SMILES string of the molecule is C1=Cc2ccccc2C=CN=1. The molecule has 0 N–H and O–H groups in total. The average molecular weight is 141 g/mol. The van der Waals surface area contributed by atoms with Gasteiger partial charge in [-0.15, -0.1) is 0 Å². The van der Waals surface area contributed by atoms with E-state index < -0.39 is 0 Å². The molecule has 0 saturated carbocycles. The number of rotatable bonds is 0. The summed E-state index contributed by atoms with van der Waals surface area (Å²) in [4.78, 5) is 3.90. The lowest BCUT2D eigenvalue weighted by atomic mass is 10.1. The summed E-state index contributed by atoms with van der Waals surface area (Å²) in [7, 11) is 0. The summed E-state index contributed by atoms with van der Waals surface area (Å²) in [6, 6.07) is 8.14. The van der Waals surface area contributed by atoms with Gasteiger partial charge in [0.15, 0.2) is 0 Å². The van der Waals surface area contributed by atoms with Crippen molar-refractivity contribution < 1.29 is 0 Å². The first-order chi connectivity index (χ1) is 5.47. The summed E-state index contributed by atoms with van der Waals surface area (Å²) >= 11 is 0. The van der Waals surface area contributed by atoms with Crippen LogP contribution in [0.25, 0.3) is 12.2 Å². The van der Waals surface area contributed by atoms with E-state index in [1.807, 2.05) is 30.4 Å². The van der Waals surface area contributed by atoms with Gasteiger partial charge >= 0.3 is 0 Å². The third-order valence-electron chi connectivity index (χ3n) is 1.62. The highest BCUT2D eigenvalue weighted by Crippen LogP contribution is 2.12. The third kappa shape index (κ3) is 1.14. The van der Waals surface area contributed by atoms with Gasteiger partial charge in [0, 0.05) is 12.3 Å². The maximum Gasteiger partial charge on any atom is 0.0374 e. The van der Waals surface area contributed by atoms with Crippen molar-refractivity contribution in [1.29, 1.82) is 0 Å². The average Bonchev–Trinajstić information content (AvgIpc) is 2.28. The Labute approximate surface area is 65.4 Å². The van der Waals surface area contributed by atoms with E-state index >= 15 is 0 Å². The normalized spacial score (nSPS) is 12.7. The topological polar surface area (TPSA) is 12.4 Å². The molecular weight excluding hydrogens is 134 g/mol. The van der Waals surface area contributed by atoms with Crippen LogP contribution in [0.1, 0.15) is 11.1 Å². The molecule has 0 aromatic heterocycles. The first-order valence-corrected chi connectivity index (χ1v) is 3.51. The molecule has 0 atom stereocenters. The Morgan fingerprint density at radius 1 is 1.09 bits per heavy atom. The van der Waals surface area contributed by atoms with Crippen LogP contribution in [0.4, 0.5) is 0 Å². The molecule has 0 amide bonds. The zero-order valence-electron chi connectivity index (χ0n) is 5.99. The van der Waals surface area contributed by atoms with Gasteiger partial charge in [-0.2, -0.15) is 0 Å². The van der Waals surface area contributed by atoms with E-state index in [4.69, 9.17) is 0 Å². The van der Waals surface area contributed by atoms with Crippen LogP contribution in [0.3, 0.4) is 0 Å². The number of fused-ring (bicyclic) bond motifs is 1. The van der Waals surface area contributed by atoms with Crippen LogP contribution in [0.5, 0.6) is 0 Å². The summed E-state index contributed by atoms with van der Waals surface area (Å²) in [6.45, 7) is 0. The van der Waals surface area contributed by atoms with Gasteiger partial charge in [0.25, 0.3) is 0 Å². The largest absolute Gasteiger partial charge is 0.214 e. The minimum atomic E-state index is 1.17. The van der Waals surface area contributed by atoms with Gasteiger partial charge in [-0.3, -0.25) is 0 Å². The molecule has 11 heavy (non-hydrogen) atoms. The minimum absolute atomic E-state index is 1.17. The summed E-state index contributed by atoms with van der Waals surface area (Å²) in [6.07, 6.45) is 5.61. The van der Waals surface area contributed by atoms with Crippen LogP contribution < -0.4 is 0 Å². The van der Waals surface area contributed by atoms with Crippen LogP contribution in [-0.4, -0.2) is 5.87 Å². The summed E-state index contributed by atoms with van der Waals surface area (Å²) in [5.74, 6) is 2.82. The fourth-order valence-electron chi connectivity index (χ4n) is 1.06. The molecule has 1 heterocycles. The Kier molecular flexibility index (Phi) is 1.43. The van der Waals surface area contributed by atoms with E-state index in [1.54, 1.807) is 6.20 Å². The predicted molar refractivity (Wildman–Crippen MR) is 47.4 cm³/mol. The Hall–Kier alpha value is -1.59. The van der Waals surface area contributed by atoms with Crippen LogP contribution in [0.2, 0.25) is 0 Å². The van der Waals surface area contributed by atoms with E-state index in [9.17, 15) is 0 Å². The van der Waals surface area contributed by atoms with Crippen LogP contribution in [0.15, 0.2) is 35.5 Å². The van der Waals surface area contributed by atoms with E-state index in [1.165, 1.54) is 11.1 Å². The Morgan fingerprint density at radius 2 is 1.91 bits per heavy atom. The maximum absolute atomic E-state index is 3.90. The number of hydrogen-bond donors (Lipinski definition) is 0. The van der Waals surface area contributed by atoms with Gasteiger partial charge in [-0.1, -0.05) is 24.3 Å². The van der Waals surface area contributed by atoms with Gasteiger partial charge in [0.1, 0.15) is 0 Å². The molecule has 0 spiro atoms. The summed E-state index contributed by atoms with van der Waals surface area (Å²) in [5, 5.41) is 0. The lowest BCUT2D eigenvalue weighted by Gasteiger charge is -1.95. The quantitative estimate of drug-likeness (QED) is 0.526. The molecule has 0 saturated heterocycles. The molecule has 0 fully saturated rings. The monoisotopic (exact) mass is 141 g/mol. The van der Waals surface area contributed by atoms with Crippen molar-refractivity contribution in [3.63, 3.8) is 0 Å². The number of benzene rings is 1. The molecule has 0 bridgehead atoms. The summed E-state index contributed by atoms with van der Waals surface area (Å²) < 4.78 is 0. The molecule has 1 nitrogen and oxygen atoms in total. The highest BCUT2D eigenvalue weighted by molar-refractivity contribution is 5.83. The highest BCUT2D eigenvalue weighted by Gasteiger charge is 1.93. The van der Waals surface area contributed by atoms with Crippen molar-refractivity contribution >= 4 is 18.0 Å². The van der Waals surface area contributed by atoms with E-state index in [0.29, 0.717) is 0 Å². The maximum atomic E-state index is 3.90. The van der Waals surface area contributed by atoms with Gasteiger partial charge < -0.3 is 0 Å². The molecule has 0 unspecified atom stereocenters. The second kappa shape index (κ2) is 2.57. The van der Waals surface area contributed by atoms with Gasteiger partial charge in [-0.25, -0.2) is 4.99 Å². The van der Waals surface area contributed by atoms with Crippen LogP contribution >= 0.6 is 0 Å². The summed E-state index contributed by atoms with van der Waals surface area (Å²) in [5.41, 5.74) is 2.37. The predicted octanol–water partition coefficient (Wildman–Crippen LogP) is 2.35. The Bertz CT molecular complexity index is 355. The number of hydrogen-bond acceptors (Lipinski definition) is 1. The van der Waals surface area contributed by atoms with E-state index in [2.05, 4.69) is 16.9 Å². The molecule has 0 aliphatic carbocycles. The Morgan fingerprint density at radius 3 is 2.82 bits per heavy atom. The number of nitrogens with zero attached hydrogens (tertiary/aromatic N) is 1. The van der Waals surface area contributed by atoms with Crippen molar-refractivity contribution in [3.8, 4) is 0 Å². The van der Waals surface area contributed by atoms with E-state index in [0.717, 1.165) is 0 Å². The highest BCUT2D eigenvalue weighted by atomic mass is 14.6. The first kappa shape index (κ1) is 6.14. The smallest absolute Gasteiger partial charge is 0.0374 e. The Balaban J connectivity index is 2.67. The second-order valence-corrected chi connectivity index (χ2v) is 2.35. The zero-order valence-corrected chi connectivity index (χ0v) is 5.99. The molecule has 1 aromatic carbocycles. The van der Waals surface area contributed by atoms with Crippen molar-refractivity contribution in [1.82, 2.24) is 0 Å². The molecular formula is C10H7N. The third-order valence-corrected chi connectivity index (χ3v) is 1.62. The first-order valence-electron chi connectivity index (χ1n) is 3.51. The van der Waals surface area contributed by atoms with Crippen molar-refractivity contribution in [3.05, 3.63) is 41.6 Å². The minimum Gasteiger partial charge on any atom is -0.214 e. The van der Waals surface area contributed by atoms with E-state index in [-0.39, 0.29) is 0 Å². The molecule has 1 aliphatic heterocycles. The van der Waals surface area contributed by atoms with Crippen molar-refractivity contribution in [2.75, 3.05) is 0 Å². The van der Waals surface area contributed by atoms with Gasteiger partial charge in [-0.05, 0) is 23.1 Å². The fraction of sp³-hybridized carbons (Fsp3) is 0. The molecule has 1 heteroatoms. The van der Waals surface area contributed by atoms with Crippen LogP contribution in [-0.2, 0) is 0 Å². The van der Waals surface area contributed by atoms with Crippen molar-refractivity contribution in [2.45, 2.75) is 0 Å². The lowest BCUT2D eigenvalue weighted by molar-refractivity contribution is 1.60. The molecule has 1 aliphatic rings. The van der Waals surface area contributed by atoms with Gasteiger partial charge in [0.05, 0.1) is 0 Å². The standard InChI is InChI=1S/C10H7N/c1-2-4-10-6-8-11-7-5-9(10)3-1/h1-7H. The van der Waals surface area contributed by atoms with Crippen molar-refractivity contribution in [2.24, 2.45) is 4.99 Å². The molecule has 2 rings (SSSR count).